The molecule has 0 bridgehead atoms. The van der Waals surface area contributed by atoms with E-state index in [-0.39, 0.29) is 0 Å². The summed E-state index contributed by atoms with van der Waals surface area (Å²) in [5.74, 6) is 0.635. The Bertz CT molecular complexity index is 678. The first-order valence-corrected chi connectivity index (χ1v) is 7.09. The maximum absolute atomic E-state index is 5.32. The Kier molecular flexibility index (Phi) is 3.64. The molecule has 0 aliphatic rings. The third-order valence-electron chi connectivity index (χ3n) is 2.94. The molecular formula is C14H14N4OS. The number of pyridine rings is 1. The van der Waals surface area contributed by atoms with Gasteiger partial charge >= 0.3 is 0 Å². The first-order chi connectivity index (χ1) is 9.88. The van der Waals surface area contributed by atoms with E-state index in [4.69, 9.17) is 4.74 Å². The van der Waals surface area contributed by atoms with Gasteiger partial charge in [0, 0.05) is 34.3 Å². The van der Waals surface area contributed by atoms with Crippen LogP contribution in [-0.4, -0.2) is 22.1 Å². The number of rotatable bonds is 5. The average Bonchev–Trinajstić information content (AvgIpc) is 3.16. The van der Waals surface area contributed by atoms with Crippen molar-refractivity contribution >= 4 is 17.0 Å². The van der Waals surface area contributed by atoms with Gasteiger partial charge in [-0.2, -0.15) is 0 Å². The first kappa shape index (κ1) is 12.7. The van der Waals surface area contributed by atoms with E-state index in [9.17, 15) is 0 Å². The SMILES string of the molecule is COc1ncccc1-c1cscc1NCc1cnc[nH]1. The maximum Gasteiger partial charge on any atom is 0.221 e. The highest BCUT2D eigenvalue weighted by Gasteiger charge is 2.12. The van der Waals surface area contributed by atoms with Crippen molar-refractivity contribution in [2.75, 3.05) is 12.4 Å². The quantitative estimate of drug-likeness (QED) is 0.756. The maximum atomic E-state index is 5.32. The summed E-state index contributed by atoms with van der Waals surface area (Å²) in [5.41, 5.74) is 4.19. The summed E-state index contributed by atoms with van der Waals surface area (Å²) in [4.78, 5) is 11.3. The Labute approximate surface area is 120 Å². The summed E-state index contributed by atoms with van der Waals surface area (Å²) in [6.07, 6.45) is 5.21. The molecule has 3 rings (SSSR count). The van der Waals surface area contributed by atoms with Crippen molar-refractivity contribution in [1.82, 2.24) is 15.0 Å². The van der Waals surface area contributed by atoms with E-state index in [2.05, 4.69) is 31.0 Å². The third kappa shape index (κ3) is 2.50. The van der Waals surface area contributed by atoms with Gasteiger partial charge in [-0.15, -0.1) is 11.3 Å². The Morgan fingerprint density at radius 2 is 2.30 bits per heavy atom. The van der Waals surface area contributed by atoms with Crippen LogP contribution in [0, 0.1) is 0 Å². The summed E-state index contributed by atoms with van der Waals surface area (Å²) in [5, 5.41) is 7.57. The number of imidazole rings is 1. The number of hydrogen-bond acceptors (Lipinski definition) is 5. The normalized spacial score (nSPS) is 10.4. The summed E-state index contributed by atoms with van der Waals surface area (Å²) in [6.45, 7) is 0.701. The fourth-order valence-electron chi connectivity index (χ4n) is 1.97. The number of hydrogen-bond donors (Lipinski definition) is 2. The number of aromatic amines is 1. The highest BCUT2D eigenvalue weighted by atomic mass is 32.1. The van der Waals surface area contributed by atoms with Crippen LogP contribution in [0.2, 0.25) is 0 Å². The molecule has 0 fully saturated rings. The molecule has 3 aromatic rings. The minimum atomic E-state index is 0.635. The monoisotopic (exact) mass is 286 g/mol. The van der Waals surface area contributed by atoms with Crippen LogP contribution >= 0.6 is 11.3 Å². The lowest BCUT2D eigenvalue weighted by Crippen LogP contribution is -2.00. The van der Waals surface area contributed by atoms with Gasteiger partial charge in [0.2, 0.25) is 5.88 Å². The first-order valence-electron chi connectivity index (χ1n) is 6.15. The smallest absolute Gasteiger partial charge is 0.221 e. The molecule has 0 unspecified atom stereocenters. The van der Waals surface area contributed by atoms with E-state index >= 15 is 0 Å². The number of anilines is 1. The number of thiophene rings is 1. The van der Waals surface area contributed by atoms with Gasteiger partial charge in [-0.05, 0) is 12.1 Å². The van der Waals surface area contributed by atoms with Crippen molar-refractivity contribution in [2.45, 2.75) is 6.54 Å². The second-order valence-corrected chi connectivity index (χ2v) is 4.93. The number of nitrogens with zero attached hydrogens (tertiary/aromatic N) is 2. The molecule has 0 saturated carbocycles. The van der Waals surface area contributed by atoms with Crippen molar-refractivity contribution in [3.05, 3.63) is 47.3 Å². The van der Waals surface area contributed by atoms with Crippen LogP contribution in [-0.2, 0) is 6.54 Å². The molecular weight excluding hydrogens is 272 g/mol. The van der Waals surface area contributed by atoms with Crippen molar-refractivity contribution < 1.29 is 4.74 Å². The van der Waals surface area contributed by atoms with Crippen LogP contribution in [0.5, 0.6) is 5.88 Å². The van der Waals surface area contributed by atoms with Gasteiger partial charge in [-0.1, -0.05) is 0 Å². The zero-order valence-electron chi connectivity index (χ0n) is 11.0. The summed E-state index contributed by atoms with van der Waals surface area (Å²) < 4.78 is 5.32. The molecule has 0 saturated heterocycles. The van der Waals surface area contributed by atoms with Gasteiger partial charge in [0.15, 0.2) is 0 Å². The lowest BCUT2D eigenvalue weighted by Gasteiger charge is -2.09. The number of nitrogens with one attached hydrogen (secondary N) is 2. The lowest BCUT2D eigenvalue weighted by molar-refractivity contribution is 0.400. The van der Waals surface area contributed by atoms with Crippen molar-refractivity contribution in [3.8, 4) is 17.0 Å². The predicted molar refractivity (Wildman–Crippen MR) is 80.0 cm³/mol. The van der Waals surface area contributed by atoms with Crippen LogP contribution in [0.3, 0.4) is 0 Å². The van der Waals surface area contributed by atoms with Crippen molar-refractivity contribution in [2.24, 2.45) is 0 Å². The predicted octanol–water partition coefficient (Wildman–Crippen LogP) is 3.15. The van der Waals surface area contributed by atoms with Gasteiger partial charge in [0.25, 0.3) is 0 Å². The molecule has 3 aromatic heterocycles. The largest absolute Gasteiger partial charge is 0.481 e. The highest BCUT2D eigenvalue weighted by Crippen LogP contribution is 2.36. The standard InChI is InChI=1S/C14H14N4OS/c1-19-14-11(3-2-4-16-14)12-7-20-8-13(12)17-6-10-5-15-9-18-10/h2-5,7-9,17H,6H2,1H3,(H,15,18). The number of H-pyrrole nitrogens is 1. The minimum Gasteiger partial charge on any atom is -0.481 e. The molecule has 3 heterocycles. The fraction of sp³-hybridized carbons (Fsp3) is 0.143. The van der Waals surface area contributed by atoms with E-state index in [1.807, 2.05) is 18.3 Å². The Morgan fingerprint density at radius 3 is 3.10 bits per heavy atom. The molecule has 0 radical (unpaired) electrons. The summed E-state index contributed by atoms with van der Waals surface area (Å²) in [6, 6.07) is 3.92. The average molecular weight is 286 g/mol. The van der Waals surface area contributed by atoms with Crippen molar-refractivity contribution in [3.63, 3.8) is 0 Å². The molecule has 0 amide bonds. The van der Waals surface area contributed by atoms with Crippen LogP contribution in [0.25, 0.3) is 11.1 Å². The van der Waals surface area contributed by atoms with E-state index in [0.717, 1.165) is 22.5 Å². The van der Waals surface area contributed by atoms with E-state index < -0.39 is 0 Å². The Hall–Kier alpha value is -2.34. The van der Waals surface area contributed by atoms with E-state index in [1.54, 1.807) is 31.0 Å². The zero-order valence-corrected chi connectivity index (χ0v) is 11.8. The van der Waals surface area contributed by atoms with E-state index in [1.165, 1.54) is 0 Å². The Balaban J connectivity index is 1.86. The van der Waals surface area contributed by atoms with Gasteiger partial charge in [-0.3, -0.25) is 0 Å². The number of aromatic nitrogens is 3. The van der Waals surface area contributed by atoms with Crippen LogP contribution in [0.1, 0.15) is 5.69 Å². The molecule has 102 valence electrons. The molecule has 2 N–H and O–H groups in total. The van der Waals surface area contributed by atoms with Crippen molar-refractivity contribution in [1.29, 1.82) is 0 Å². The number of methoxy groups -OCH3 is 1. The molecule has 0 spiro atoms. The molecule has 0 aliphatic carbocycles. The fourth-order valence-corrected chi connectivity index (χ4v) is 2.78. The minimum absolute atomic E-state index is 0.635. The molecule has 0 aliphatic heterocycles. The molecule has 0 atom stereocenters. The second-order valence-electron chi connectivity index (χ2n) is 4.19. The molecule has 5 nitrogen and oxygen atoms in total. The third-order valence-corrected chi connectivity index (χ3v) is 3.68. The lowest BCUT2D eigenvalue weighted by atomic mass is 10.1. The van der Waals surface area contributed by atoms with Gasteiger partial charge in [0.05, 0.1) is 31.4 Å². The topological polar surface area (TPSA) is 62.8 Å². The zero-order chi connectivity index (χ0) is 13.8. The second kappa shape index (κ2) is 5.75. The molecule has 20 heavy (non-hydrogen) atoms. The van der Waals surface area contributed by atoms with Gasteiger partial charge in [-0.25, -0.2) is 9.97 Å². The van der Waals surface area contributed by atoms with Gasteiger partial charge < -0.3 is 15.0 Å². The Morgan fingerprint density at radius 1 is 1.35 bits per heavy atom. The highest BCUT2D eigenvalue weighted by molar-refractivity contribution is 7.08. The van der Waals surface area contributed by atoms with Crippen LogP contribution < -0.4 is 10.1 Å². The molecule has 6 heteroatoms. The molecule has 0 aromatic carbocycles. The number of ether oxygens (including phenoxy) is 1. The van der Waals surface area contributed by atoms with E-state index in [0.29, 0.717) is 12.4 Å². The van der Waals surface area contributed by atoms with Gasteiger partial charge in [0.1, 0.15) is 0 Å². The van der Waals surface area contributed by atoms with Crippen LogP contribution in [0.15, 0.2) is 41.6 Å². The summed E-state index contributed by atoms with van der Waals surface area (Å²) in [7, 11) is 1.63. The van der Waals surface area contributed by atoms with Crippen LogP contribution in [0.4, 0.5) is 5.69 Å². The summed E-state index contributed by atoms with van der Waals surface area (Å²) >= 11 is 1.65.